The molecule has 1 aliphatic carbocycles. The van der Waals surface area contributed by atoms with Gasteiger partial charge in [0.25, 0.3) is 0 Å². The van der Waals surface area contributed by atoms with Gasteiger partial charge in [0.2, 0.25) is 5.16 Å². The van der Waals surface area contributed by atoms with E-state index in [1.807, 2.05) is 6.92 Å². The fourth-order valence-corrected chi connectivity index (χ4v) is 1.52. The zero-order valence-corrected chi connectivity index (χ0v) is 8.14. The van der Waals surface area contributed by atoms with Crippen LogP contribution in [0.1, 0.15) is 30.4 Å². The van der Waals surface area contributed by atoms with Crippen molar-refractivity contribution in [2.75, 3.05) is 0 Å². The standard InChI is InChI=1S/C7H11N5S/c1-4-9-6(5-2-3-5)11-7(10-4)13-12-8/h5,12H,2-3,8H2,1H3. The molecule has 0 atom stereocenters. The first-order valence-corrected chi connectivity index (χ1v) is 4.96. The van der Waals surface area contributed by atoms with E-state index in [1.165, 1.54) is 24.8 Å². The van der Waals surface area contributed by atoms with Crippen molar-refractivity contribution >= 4 is 11.9 Å². The van der Waals surface area contributed by atoms with Crippen LogP contribution >= 0.6 is 11.9 Å². The van der Waals surface area contributed by atoms with Crippen LogP contribution in [-0.2, 0) is 0 Å². The highest BCUT2D eigenvalue weighted by Gasteiger charge is 2.27. The molecular weight excluding hydrogens is 186 g/mol. The Bertz CT molecular complexity index is 312. The van der Waals surface area contributed by atoms with Gasteiger partial charge in [-0.05, 0) is 19.8 Å². The molecule has 1 aromatic rings. The van der Waals surface area contributed by atoms with Crippen LogP contribution in [0.15, 0.2) is 5.16 Å². The Morgan fingerprint density at radius 2 is 2.15 bits per heavy atom. The first kappa shape index (κ1) is 8.86. The number of rotatable bonds is 3. The summed E-state index contributed by atoms with van der Waals surface area (Å²) >= 11 is 1.21. The largest absolute Gasteiger partial charge is 0.261 e. The van der Waals surface area contributed by atoms with Gasteiger partial charge in [-0.15, -0.1) is 0 Å². The van der Waals surface area contributed by atoms with Crippen molar-refractivity contribution in [2.45, 2.75) is 30.8 Å². The van der Waals surface area contributed by atoms with E-state index in [9.17, 15) is 0 Å². The zero-order chi connectivity index (χ0) is 9.26. The van der Waals surface area contributed by atoms with Gasteiger partial charge in [-0.2, -0.15) is 4.83 Å². The number of hydrazine groups is 1. The van der Waals surface area contributed by atoms with Crippen LogP contribution in [0.2, 0.25) is 0 Å². The van der Waals surface area contributed by atoms with Gasteiger partial charge in [-0.25, -0.2) is 15.0 Å². The topological polar surface area (TPSA) is 76.7 Å². The van der Waals surface area contributed by atoms with E-state index in [0.29, 0.717) is 11.1 Å². The van der Waals surface area contributed by atoms with E-state index >= 15 is 0 Å². The first-order valence-electron chi connectivity index (χ1n) is 4.14. The summed E-state index contributed by atoms with van der Waals surface area (Å²) in [5.41, 5.74) is 0. The van der Waals surface area contributed by atoms with Gasteiger partial charge in [0, 0.05) is 17.9 Å². The van der Waals surface area contributed by atoms with Crippen molar-refractivity contribution in [3.05, 3.63) is 11.6 Å². The average molecular weight is 197 g/mol. The quantitative estimate of drug-likeness (QED) is 0.418. The number of nitrogens with two attached hydrogens (primary N) is 1. The molecule has 6 heteroatoms. The lowest BCUT2D eigenvalue weighted by molar-refractivity contribution is 0.775. The van der Waals surface area contributed by atoms with Gasteiger partial charge >= 0.3 is 0 Å². The highest BCUT2D eigenvalue weighted by Crippen LogP contribution is 2.38. The summed E-state index contributed by atoms with van der Waals surface area (Å²) in [6.45, 7) is 1.87. The summed E-state index contributed by atoms with van der Waals surface area (Å²) in [7, 11) is 0. The van der Waals surface area contributed by atoms with E-state index in [1.54, 1.807) is 0 Å². The maximum absolute atomic E-state index is 5.16. The summed E-state index contributed by atoms with van der Waals surface area (Å²) in [4.78, 5) is 15.2. The average Bonchev–Trinajstić information content (AvgIpc) is 2.85. The van der Waals surface area contributed by atoms with Crippen LogP contribution in [0.25, 0.3) is 0 Å². The lowest BCUT2D eigenvalue weighted by Gasteiger charge is -2.01. The smallest absolute Gasteiger partial charge is 0.207 e. The van der Waals surface area contributed by atoms with Gasteiger partial charge in [0.15, 0.2) is 0 Å². The molecule has 13 heavy (non-hydrogen) atoms. The van der Waals surface area contributed by atoms with Crippen molar-refractivity contribution in [3.63, 3.8) is 0 Å². The summed E-state index contributed by atoms with van der Waals surface area (Å²) in [6, 6.07) is 0. The SMILES string of the molecule is Cc1nc(SNN)nc(C2CC2)n1. The molecule has 0 unspecified atom stereocenters. The van der Waals surface area contributed by atoms with Crippen molar-refractivity contribution in [3.8, 4) is 0 Å². The molecule has 1 saturated carbocycles. The molecule has 0 amide bonds. The molecule has 1 aromatic heterocycles. The van der Waals surface area contributed by atoms with Crippen LogP contribution in [0.4, 0.5) is 0 Å². The Morgan fingerprint density at radius 3 is 2.77 bits per heavy atom. The second-order valence-corrected chi connectivity index (χ2v) is 3.82. The van der Waals surface area contributed by atoms with Crippen molar-refractivity contribution in [1.29, 1.82) is 0 Å². The molecule has 0 spiro atoms. The molecule has 1 heterocycles. The summed E-state index contributed by atoms with van der Waals surface area (Å²) in [6.07, 6.45) is 2.40. The monoisotopic (exact) mass is 197 g/mol. The Morgan fingerprint density at radius 1 is 1.38 bits per heavy atom. The number of nitrogens with zero attached hydrogens (tertiary/aromatic N) is 3. The van der Waals surface area contributed by atoms with Crippen molar-refractivity contribution in [1.82, 2.24) is 19.8 Å². The maximum atomic E-state index is 5.16. The Kier molecular flexibility index (Phi) is 2.43. The van der Waals surface area contributed by atoms with Crippen LogP contribution in [-0.4, -0.2) is 15.0 Å². The molecule has 0 bridgehead atoms. The molecule has 2 rings (SSSR count). The second kappa shape index (κ2) is 3.57. The number of aryl methyl sites for hydroxylation is 1. The minimum Gasteiger partial charge on any atom is -0.261 e. The predicted molar refractivity (Wildman–Crippen MR) is 49.7 cm³/mol. The van der Waals surface area contributed by atoms with E-state index in [4.69, 9.17) is 5.84 Å². The summed E-state index contributed by atoms with van der Waals surface area (Å²) in [5.74, 6) is 7.39. The lowest BCUT2D eigenvalue weighted by Crippen LogP contribution is -2.13. The summed E-state index contributed by atoms with van der Waals surface area (Å²) < 4.78 is 0. The molecule has 1 aliphatic rings. The minimum atomic E-state index is 0.554. The molecule has 0 radical (unpaired) electrons. The third-order valence-electron chi connectivity index (χ3n) is 1.84. The van der Waals surface area contributed by atoms with E-state index < -0.39 is 0 Å². The molecule has 70 valence electrons. The Hall–Kier alpha value is -0.720. The number of hydrogen-bond acceptors (Lipinski definition) is 6. The van der Waals surface area contributed by atoms with Gasteiger partial charge in [-0.3, -0.25) is 5.84 Å². The number of aromatic nitrogens is 3. The minimum absolute atomic E-state index is 0.554. The third-order valence-corrected chi connectivity index (χ3v) is 2.32. The second-order valence-electron chi connectivity index (χ2n) is 3.02. The van der Waals surface area contributed by atoms with Crippen LogP contribution in [0.5, 0.6) is 0 Å². The van der Waals surface area contributed by atoms with Gasteiger partial charge in [0.05, 0.1) is 0 Å². The van der Waals surface area contributed by atoms with Crippen molar-refractivity contribution < 1.29 is 0 Å². The number of hydrogen-bond donors (Lipinski definition) is 2. The van der Waals surface area contributed by atoms with Crippen LogP contribution in [0, 0.1) is 6.92 Å². The van der Waals surface area contributed by atoms with Gasteiger partial charge in [-0.1, -0.05) is 0 Å². The molecule has 0 saturated heterocycles. The fourth-order valence-electron chi connectivity index (χ4n) is 1.10. The van der Waals surface area contributed by atoms with E-state index in [2.05, 4.69) is 19.8 Å². The summed E-state index contributed by atoms with van der Waals surface area (Å²) in [5, 5.41) is 0.650. The molecule has 3 N–H and O–H groups in total. The first-order chi connectivity index (χ1) is 6.29. The number of nitrogens with one attached hydrogen (secondary N) is 1. The highest BCUT2D eigenvalue weighted by atomic mass is 32.2. The van der Waals surface area contributed by atoms with E-state index in [-0.39, 0.29) is 0 Å². The fraction of sp³-hybridized carbons (Fsp3) is 0.571. The Balaban J connectivity index is 2.25. The third kappa shape index (κ3) is 2.15. The van der Waals surface area contributed by atoms with Gasteiger partial charge < -0.3 is 0 Å². The van der Waals surface area contributed by atoms with E-state index in [0.717, 1.165) is 11.6 Å². The predicted octanol–water partition coefficient (Wildman–Crippen LogP) is 0.528. The maximum Gasteiger partial charge on any atom is 0.207 e. The highest BCUT2D eigenvalue weighted by molar-refractivity contribution is 7.97. The molecule has 1 fully saturated rings. The van der Waals surface area contributed by atoms with Crippen LogP contribution < -0.4 is 10.7 Å². The molecule has 0 aliphatic heterocycles. The lowest BCUT2D eigenvalue weighted by atomic mass is 10.4. The normalized spacial score (nSPS) is 16.2. The van der Waals surface area contributed by atoms with Crippen LogP contribution in [0.3, 0.4) is 0 Å². The molecule has 0 aromatic carbocycles. The molecule has 5 nitrogen and oxygen atoms in total. The zero-order valence-electron chi connectivity index (χ0n) is 7.32. The molecular formula is C7H11N5S. The van der Waals surface area contributed by atoms with Gasteiger partial charge in [0.1, 0.15) is 11.6 Å². The Labute approximate surface area is 80.7 Å². The van der Waals surface area contributed by atoms with Crippen molar-refractivity contribution in [2.24, 2.45) is 5.84 Å².